The molecule has 3 aromatic rings. The summed E-state index contributed by atoms with van der Waals surface area (Å²) >= 11 is 3.38. The van der Waals surface area contributed by atoms with Gasteiger partial charge >= 0.3 is 5.97 Å². The Bertz CT molecular complexity index is 761. The molecule has 1 aromatic heterocycles. The molecule has 0 unspecified atom stereocenters. The second-order valence-corrected chi connectivity index (χ2v) is 5.73. The monoisotopic (exact) mass is 357 g/mol. The van der Waals surface area contributed by atoms with Crippen LogP contribution in [0, 0.1) is 6.92 Å². The number of benzene rings is 2. The molecule has 22 heavy (non-hydrogen) atoms. The van der Waals surface area contributed by atoms with E-state index in [0.29, 0.717) is 5.82 Å². The van der Waals surface area contributed by atoms with E-state index in [0.717, 1.165) is 21.3 Å². The number of nitrogens with zero attached hydrogens (tertiary/aromatic N) is 3. The molecular weight excluding hydrogens is 346 g/mol. The number of hydrogen-bond acceptors (Lipinski definition) is 3. The minimum absolute atomic E-state index is 0.224. The van der Waals surface area contributed by atoms with Crippen molar-refractivity contribution in [1.82, 2.24) is 14.8 Å². The first-order valence-corrected chi connectivity index (χ1v) is 7.37. The molecule has 0 aliphatic carbocycles. The van der Waals surface area contributed by atoms with Crippen molar-refractivity contribution in [3.05, 3.63) is 64.4 Å². The predicted molar refractivity (Wildman–Crippen MR) is 86.2 cm³/mol. The van der Waals surface area contributed by atoms with Gasteiger partial charge in [-0.25, -0.2) is 14.5 Å². The van der Waals surface area contributed by atoms with Crippen LogP contribution in [0.3, 0.4) is 0 Å². The number of carboxylic acids is 1. The number of halogens is 1. The first kappa shape index (κ1) is 14.5. The molecule has 0 spiro atoms. The summed E-state index contributed by atoms with van der Waals surface area (Å²) < 4.78 is 2.48. The lowest BCUT2D eigenvalue weighted by Gasteiger charge is -2.06. The molecule has 0 saturated carbocycles. The Morgan fingerprint density at radius 2 is 1.73 bits per heavy atom. The summed E-state index contributed by atoms with van der Waals surface area (Å²) in [6.07, 6.45) is 0. The molecule has 0 aliphatic rings. The van der Waals surface area contributed by atoms with Crippen molar-refractivity contribution >= 4 is 21.9 Å². The van der Waals surface area contributed by atoms with Gasteiger partial charge in [-0.05, 0) is 31.2 Å². The van der Waals surface area contributed by atoms with E-state index in [-0.39, 0.29) is 5.82 Å². The molecule has 0 atom stereocenters. The van der Waals surface area contributed by atoms with Crippen LogP contribution >= 0.6 is 15.9 Å². The van der Waals surface area contributed by atoms with Crippen LogP contribution in [-0.4, -0.2) is 25.8 Å². The average Bonchev–Trinajstić information content (AvgIpc) is 2.94. The van der Waals surface area contributed by atoms with Gasteiger partial charge in [0.15, 0.2) is 5.82 Å². The largest absolute Gasteiger partial charge is 0.475 e. The number of aromatic nitrogens is 3. The average molecular weight is 358 g/mol. The highest BCUT2D eigenvalue weighted by molar-refractivity contribution is 9.10. The van der Waals surface area contributed by atoms with Crippen molar-refractivity contribution in [2.75, 3.05) is 0 Å². The molecule has 0 amide bonds. The molecule has 2 aromatic carbocycles. The molecule has 0 bridgehead atoms. The van der Waals surface area contributed by atoms with Crippen LogP contribution in [0.2, 0.25) is 0 Å². The van der Waals surface area contributed by atoms with Gasteiger partial charge < -0.3 is 5.11 Å². The molecule has 1 heterocycles. The van der Waals surface area contributed by atoms with Gasteiger partial charge in [-0.15, -0.1) is 5.10 Å². The quantitative estimate of drug-likeness (QED) is 0.775. The van der Waals surface area contributed by atoms with Gasteiger partial charge in [0, 0.05) is 10.0 Å². The zero-order chi connectivity index (χ0) is 15.7. The third kappa shape index (κ3) is 2.78. The van der Waals surface area contributed by atoms with Crippen LogP contribution in [-0.2, 0) is 0 Å². The highest BCUT2D eigenvalue weighted by atomic mass is 79.9. The van der Waals surface area contributed by atoms with Crippen LogP contribution in [0.5, 0.6) is 0 Å². The first-order chi connectivity index (χ1) is 10.5. The highest BCUT2D eigenvalue weighted by Crippen LogP contribution is 2.23. The van der Waals surface area contributed by atoms with Crippen molar-refractivity contribution in [3.8, 4) is 17.1 Å². The second-order valence-electron chi connectivity index (χ2n) is 4.82. The van der Waals surface area contributed by atoms with Crippen LogP contribution in [0.4, 0.5) is 0 Å². The second kappa shape index (κ2) is 5.73. The van der Waals surface area contributed by atoms with Gasteiger partial charge in [0.25, 0.3) is 5.82 Å². The maximum atomic E-state index is 11.2. The summed E-state index contributed by atoms with van der Waals surface area (Å²) in [5.41, 5.74) is 2.68. The Morgan fingerprint density at radius 3 is 2.32 bits per heavy atom. The lowest BCUT2D eigenvalue weighted by Crippen LogP contribution is -2.02. The Kier molecular flexibility index (Phi) is 3.77. The number of carboxylic acid groups (broad SMARTS) is 1. The normalized spacial score (nSPS) is 10.6. The maximum absolute atomic E-state index is 11.2. The van der Waals surface area contributed by atoms with E-state index in [1.54, 1.807) is 4.68 Å². The van der Waals surface area contributed by atoms with E-state index in [9.17, 15) is 4.79 Å². The molecular formula is C16H12BrN3O2. The third-order valence-electron chi connectivity index (χ3n) is 3.18. The number of hydrogen-bond donors (Lipinski definition) is 1. The van der Waals surface area contributed by atoms with E-state index in [1.807, 2.05) is 55.5 Å². The van der Waals surface area contributed by atoms with Crippen molar-refractivity contribution < 1.29 is 9.90 Å². The smallest absolute Gasteiger partial charge is 0.375 e. The Labute approximate surface area is 135 Å². The van der Waals surface area contributed by atoms with Crippen LogP contribution < -0.4 is 0 Å². The molecule has 1 N–H and O–H groups in total. The van der Waals surface area contributed by atoms with Gasteiger partial charge in [-0.3, -0.25) is 0 Å². The fourth-order valence-corrected chi connectivity index (χ4v) is 2.32. The van der Waals surface area contributed by atoms with E-state index >= 15 is 0 Å². The molecule has 0 aliphatic heterocycles. The summed E-state index contributed by atoms with van der Waals surface area (Å²) in [4.78, 5) is 15.3. The molecule has 5 nitrogen and oxygen atoms in total. The number of rotatable bonds is 3. The van der Waals surface area contributed by atoms with Crippen molar-refractivity contribution in [3.63, 3.8) is 0 Å². The Morgan fingerprint density at radius 1 is 1.09 bits per heavy atom. The van der Waals surface area contributed by atoms with Crippen LogP contribution in [0.1, 0.15) is 16.2 Å². The Hall–Kier alpha value is -2.47. The lowest BCUT2D eigenvalue weighted by atomic mass is 10.1. The summed E-state index contributed by atoms with van der Waals surface area (Å²) in [5.74, 6) is -0.873. The SMILES string of the molecule is Cc1ccc(-c2nc(C(=O)O)nn2-c2ccc(Br)cc2)cc1. The van der Waals surface area contributed by atoms with Gasteiger partial charge in [0.1, 0.15) is 0 Å². The van der Waals surface area contributed by atoms with Crippen molar-refractivity contribution in [1.29, 1.82) is 0 Å². The fourth-order valence-electron chi connectivity index (χ4n) is 2.05. The summed E-state index contributed by atoms with van der Waals surface area (Å²) in [7, 11) is 0. The molecule has 6 heteroatoms. The number of aryl methyl sites for hydroxylation is 1. The van der Waals surface area contributed by atoms with Crippen molar-refractivity contribution in [2.24, 2.45) is 0 Å². The predicted octanol–water partition coefficient (Wildman–Crippen LogP) is 3.70. The number of carbonyl (C=O) groups is 1. The van der Waals surface area contributed by atoms with Gasteiger partial charge in [-0.2, -0.15) is 0 Å². The van der Waals surface area contributed by atoms with Crippen LogP contribution in [0.15, 0.2) is 53.0 Å². The zero-order valence-corrected chi connectivity index (χ0v) is 13.3. The van der Waals surface area contributed by atoms with Crippen LogP contribution in [0.25, 0.3) is 17.1 Å². The summed E-state index contributed by atoms with van der Waals surface area (Å²) in [5, 5.41) is 13.3. The molecule has 110 valence electrons. The standard InChI is InChI=1S/C16H12BrN3O2/c1-10-2-4-11(5-3-10)15-18-14(16(21)22)19-20(15)13-8-6-12(17)7-9-13/h2-9H,1H3,(H,21,22). The molecule has 0 saturated heterocycles. The minimum Gasteiger partial charge on any atom is -0.475 e. The first-order valence-electron chi connectivity index (χ1n) is 6.58. The van der Waals surface area contributed by atoms with Gasteiger partial charge in [-0.1, -0.05) is 45.8 Å². The highest BCUT2D eigenvalue weighted by Gasteiger charge is 2.17. The lowest BCUT2D eigenvalue weighted by molar-refractivity contribution is 0.0683. The summed E-state index contributed by atoms with van der Waals surface area (Å²) in [6, 6.07) is 15.2. The van der Waals surface area contributed by atoms with E-state index < -0.39 is 5.97 Å². The fraction of sp³-hybridized carbons (Fsp3) is 0.0625. The number of aromatic carboxylic acids is 1. The summed E-state index contributed by atoms with van der Waals surface area (Å²) in [6.45, 7) is 1.99. The maximum Gasteiger partial charge on any atom is 0.375 e. The van der Waals surface area contributed by atoms with Crippen molar-refractivity contribution in [2.45, 2.75) is 6.92 Å². The zero-order valence-electron chi connectivity index (χ0n) is 11.7. The van der Waals surface area contributed by atoms with E-state index in [1.165, 1.54) is 0 Å². The van der Waals surface area contributed by atoms with Gasteiger partial charge in [0.05, 0.1) is 5.69 Å². The van der Waals surface area contributed by atoms with E-state index in [4.69, 9.17) is 5.11 Å². The van der Waals surface area contributed by atoms with E-state index in [2.05, 4.69) is 26.0 Å². The molecule has 0 radical (unpaired) electrons. The third-order valence-corrected chi connectivity index (χ3v) is 3.71. The molecule has 3 rings (SSSR count). The molecule has 0 fully saturated rings. The minimum atomic E-state index is -1.15. The Balaban J connectivity index is 2.17. The van der Waals surface area contributed by atoms with Gasteiger partial charge in [0.2, 0.25) is 0 Å². The topological polar surface area (TPSA) is 68.0 Å².